The number of carbonyl (C=O) groups is 1. The Kier molecular flexibility index (Phi) is 4.77. The molecular formula is C12H11F4NO3S. The smallest absolute Gasteiger partial charge is 0.269 e. The molecule has 0 fully saturated rings. The van der Waals surface area contributed by atoms with Crippen molar-refractivity contribution in [1.82, 2.24) is 4.72 Å². The van der Waals surface area contributed by atoms with Crippen LogP contribution in [-0.2, 0) is 21.0 Å². The van der Waals surface area contributed by atoms with E-state index in [-0.39, 0.29) is 6.07 Å². The predicted molar refractivity (Wildman–Crippen MR) is 66.2 cm³/mol. The molecule has 1 amide bonds. The van der Waals surface area contributed by atoms with Gasteiger partial charge in [0.1, 0.15) is 5.82 Å². The number of hydrogen-bond acceptors (Lipinski definition) is 3. The van der Waals surface area contributed by atoms with Crippen LogP contribution in [0.25, 0.3) is 0 Å². The van der Waals surface area contributed by atoms with Gasteiger partial charge in [0.2, 0.25) is 0 Å². The van der Waals surface area contributed by atoms with Crippen LogP contribution in [-0.4, -0.2) is 14.3 Å². The molecule has 0 unspecified atom stereocenters. The molecule has 0 saturated heterocycles. The van der Waals surface area contributed by atoms with E-state index in [2.05, 4.69) is 0 Å². The van der Waals surface area contributed by atoms with Crippen LogP contribution in [0.4, 0.5) is 17.6 Å². The van der Waals surface area contributed by atoms with E-state index in [4.69, 9.17) is 0 Å². The van der Waals surface area contributed by atoms with Gasteiger partial charge < -0.3 is 0 Å². The Morgan fingerprint density at radius 3 is 2.29 bits per heavy atom. The minimum Gasteiger partial charge on any atom is -0.269 e. The van der Waals surface area contributed by atoms with E-state index in [1.54, 1.807) is 0 Å². The SMILES string of the molecule is CC(C)=CC(=O)NS(=O)(=O)c1ccc(F)cc1C(F)(F)F. The molecule has 0 aromatic heterocycles. The van der Waals surface area contributed by atoms with Gasteiger partial charge in [-0.05, 0) is 32.0 Å². The Labute approximate surface area is 118 Å². The molecule has 4 nitrogen and oxygen atoms in total. The van der Waals surface area contributed by atoms with Crippen LogP contribution in [0.5, 0.6) is 0 Å². The van der Waals surface area contributed by atoms with Crippen LogP contribution in [0.15, 0.2) is 34.7 Å². The molecule has 0 radical (unpaired) electrons. The van der Waals surface area contributed by atoms with E-state index in [1.807, 2.05) is 0 Å². The summed E-state index contributed by atoms with van der Waals surface area (Å²) in [5, 5.41) is 0. The number of hydrogen-bond donors (Lipinski definition) is 1. The molecule has 1 rings (SSSR count). The second kappa shape index (κ2) is 5.84. The highest BCUT2D eigenvalue weighted by Crippen LogP contribution is 2.34. The summed E-state index contributed by atoms with van der Waals surface area (Å²) in [4.78, 5) is 10.1. The zero-order chi connectivity index (χ0) is 16.4. The molecule has 21 heavy (non-hydrogen) atoms. The fourth-order valence-corrected chi connectivity index (χ4v) is 2.58. The highest BCUT2D eigenvalue weighted by molar-refractivity contribution is 7.90. The zero-order valence-corrected chi connectivity index (χ0v) is 11.8. The number of nitrogens with one attached hydrogen (secondary N) is 1. The van der Waals surface area contributed by atoms with Crippen molar-refractivity contribution >= 4 is 15.9 Å². The maximum absolute atomic E-state index is 12.9. The first-order chi connectivity index (χ1) is 9.43. The van der Waals surface area contributed by atoms with Crippen LogP contribution < -0.4 is 4.72 Å². The minimum absolute atomic E-state index is 0.0555. The predicted octanol–water partition coefficient (Wildman–Crippen LogP) is 2.62. The summed E-state index contributed by atoms with van der Waals surface area (Å²) in [5.74, 6) is -2.33. The summed E-state index contributed by atoms with van der Waals surface area (Å²) in [6, 6.07) is 1.07. The third-order valence-corrected chi connectivity index (χ3v) is 3.60. The molecule has 0 bridgehead atoms. The summed E-state index contributed by atoms with van der Waals surface area (Å²) in [6.07, 6.45) is -4.17. The van der Waals surface area contributed by atoms with Crippen LogP contribution >= 0.6 is 0 Å². The van der Waals surface area contributed by atoms with Gasteiger partial charge in [0.15, 0.2) is 0 Å². The van der Waals surface area contributed by atoms with Gasteiger partial charge in [-0.15, -0.1) is 0 Å². The average Bonchev–Trinajstić information content (AvgIpc) is 2.24. The lowest BCUT2D eigenvalue weighted by molar-refractivity contribution is -0.140. The van der Waals surface area contributed by atoms with Gasteiger partial charge in [-0.3, -0.25) is 4.79 Å². The molecular weight excluding hydrogens is 314 g/mol. The molecule has 0 atom stereocenters. The van der Waals surface area contributed by atoms with Gasteiger partial charge >= 0.3 is 6.18 Å². The van der Waals surface area contributed by atoms with Crippen molar-refractivity contribution in [2.24, 2.45) is 0 Å². The topological polar surface area (TPSA) is 63.2 Å². The Balaban J connectivity index is 3.33. The van der Waals surface area contributed by atoms with E-state index in [0.717, 1.165) is 6.08 Å². The van der Waals surface area contributed by atoms with Gasteiger partial charge in [0, 0.05) is 6.08 Å². The number of carbonyl (C=O) groups excluding carboxylic acids is 1. The molecule has 0 saturated carbocycles. The van der Waals surface area contributed by atoms with Crippen LogP contribution in [0, 0.1) is 5.82 Å². The Bertz CT molecular complexity index is 689. The summed E-state index contributed by atoms with van der Waals surface area (Å²) < 4.78 is 76.3. The number of amides is 1. The molecule has 116 valence electrons. The quantitative estimate of drug-likeness (QED) is 0.686. The molecule has 1 N–H and O–H groups in total. The summed E-state index contributed by atoms with van der Waals surface area (Å²) in [6.45, 7) is 3.01. The van der Waals surface area contributed by atoms with E-state index >= 15 is 0 Å². The van der Waals surface area contributed by atoms with Crippen molar-refractivity contribution < 1.29 is 30.8 Å². The second-order valence-electron chi connectivity index (χ2n) is 4.33. The third kappa shape index (κ3) is 4.55. The van der Waals surface area contributed by atoms with Crippen molar-refractivity contribution in [3.05, 3.63) is 41.2 Å². The largest absolute Gasteiger partial charge is 0.417 e. The highest BCUT2D eigenvalue weighted by Gasteiger charge is 2.38. The monoisotopic (exact) mass is 325 g/mol. The molecule has 1 aromatic carbocycles. The van der Waals surface area contributed by atoms with Crippen LogP contribution in [0.1, 0.15) is 19.4 Å². The van der Waals surface area contributed by atoms with E-state index in [1.165, 1.54) is 18.6 Å². The fourth-order valence-electron chi connectivity index (χ4n) is 1.44. The van der Waals surface area contributed by atoms with Crippen LogP contribution in [0.3, 0.4) is 0 Å². The summed E-state index contributed by atoms with van der Waals surface area (Å²) in [5.41, 5.74) is -1.22. The number of alkyl halides is 3. The lowest BCUT2D eigenvalue weighted by atomic mass is 10.2. The van der Waals surface area contributed by atoms with Crippen molar-refractivity contribution in [2.45, 2.75) is 24.9 Å². The lowest BCUT2D eigenvalue weighted by Gasteiger charge is -2.13. The van der Waals surface area contributed by atoms with Gasteiger partial charge in [0.25, 0.3) is 15.9 Å². The molecule has 0 heterocycles. The summed E-state index contributed by atoms with van der Waals surface area (Å²) in [7, 11) is -4.77. The first kappa shape index (κ1) is 17.2. The lowest BCUT2D eigenvalue weighted by Crippen LogP contribution is -2.31. The molecule has 9 heteroatoms. The highest BCUT2D eigenvalue weighted by atomic mass is 32.2. The number of rotatable bonds is 3. The Morgan fingerprint density at radius 2 is 1.81 bits per heavy atom. The van der Waals surface area contributed by atoms with E-state index < -0.39 is 38.4 Å². The van der Waals surface area contributed by atoms with Crippen LogP contribution in [0.2, 0.25) is 0 Å². The first-order valence-electron chi connectivity index (χ1n) is 5.52. The first-order valence-corrected chi connectivity index (χ1v) is 7.00. The number of benzene rings is 1. The molecule has 0 aliphatic carbocycles. The zero-order valence-electron chi connectivity index (χ0n) is 11.0. The third-order valence-electron chi connectivity index (χ3n) is 2.19. The van der Waals surface area contributed by atoms with E-state index in [9.17, 15) is 30.8 Å². The maximum atomic E-state index is 12.9. The number of allylic oxidation sites excluding steroid dienone is 1. The number of sulfonamides is 1. The molecule has 0 spiro atoms. The second-order valence-corrected chi connectivity index (χ2v) is 5.98. The van der Waals surface area contributed by atoms with Crippen molar-refractivity contribution in [1.29, 1.82) is 0 Å². The Morgan fingerprint density at radius 1 is 1.24 bits per heavy atom. The summed E-state index contributed by atoms with van der Waals surface area (Å²) >= 11 is 0. The van der Waals surface area contributed by atoms with Gasteiger partial charge in [-0.1, -0.05) is 5.57 Å². The van der Waals surface area contributed by atoms with Gasteiger partial charge in [-0.2, -0.15) is 13.2 Å². The molecule has 0 aliphatic rings. The molecule has 1 aromatic rings. The average molecular weight is 325 g/mol. The maximum Gasteiger partial charge on any atom is 0.417 e. The minimum atomic E-state index is -5.08. The van der Waals surface area contributed by atoms with Gasteiger partial charge in [0.05, 0.1) is 10.5 Å². The van der Waals surface area contributed by atoms with E-state index in [0.29, 0.717) is 17.7 Å². The standard InChI is InChI=1S/C12H11F4NO3S/c1-7(2)5-11(18)17-21(19,20)10-4-3-8(13)6-9(10)12(14,15)16/h3-6H,1-2H3,(H,17,18). The number of halogens is 4. The van der Waals surface area contributed by atoms with Gasteiger partial charge in [-0.25, -0.2) is 17.5 Å². The van der Waals surface area contributed by atoms with Crippen molar-refractivity contribution in [2.75, 3.05) is 0 Å². The Hall–Kier alpha value is -1.90. The fraction of sp³-hybridized carbons (Fsp3) is 0.250. The van der Waals surface area contributed by atoms with Crippen molar-refractivity contribution in [3.63, 3.8) is 0 Å². The normalized spacial score (nSPS) is 11.9. The van der Waals surface area contributed by atoms with Crippen molar-refractivity contribution in [3.8, 4) is 0 Å². The molecule has 0 aliphatic heterocycles.